The van der Waals surface area contributed by atoms with Gasteiger partial charge in [-0.1, -0.05) is 34.1 Å². The van der Waals surface area contributed by atoms with Crippen LogP contribution < -0.4 is 10.6 Å². The topological polar surface area (TPSA) is 69.6 Å². The summed E-state index contributed by atoms with van der Waals surface area (Å²) < 4.78 is 1.08. The monoisotopic (exact) mass is 417 g/mol. The summed E-state index contributed by atoms with van der Waals surface area (Å²) in [6, 6.07) is 11.6. The third-order valence-electron chi connectivity index (χ3n) is 3.64. The quantitative estimate of drug-likeness (QED) is 0.412. The van der Waals surface area contributed by atoms with Gasteiger partial charge in [-0.3, -0.25) is 14.8 Å². The number of guanidine groups is 1. The molecule has 0 aliphatic heterocycles. The summed E-state index contributed by atoms with van der Waals surface area (Å²) >= 11 is 3.58. The molecule has 0 aliphatic rings. The van der Waals surface area contributed by atoms with Crippen LogP contribution in [0.5, 0.6) is 0 Å². The lowest BCUT2D eigenvalue weighted by atomic mass is 10.2. The normalized spacial score (nSPS) is 11.1. The Morgan fingerprint density at radius 1 is 1.23 bits per heavy atom. The molecule has 1 heterocycles. The number of aromatic nitrogens is 1. The van der Waals surface area contributed by atoms with Gasteiger partial charge in [0.15, 0.2) is 5.96 Å². The van der Waals surface area contributed by atoms with Crippen LogP contribution in [0, 0.1) is 0 Å². The zero-order valence-corrected chi connectivity index (χ0v) is 16.7. The van der Waals surface area contributed by atoms with E-state index in [9.17, 15) is 4.79 Å². The van der Waals surface area contributed by atoms with Gasteiger partial charge in [-0.05, 0) is 30.7 Å². The minimum atomic E-state index is -0.139. The maximum Gasteiger partial charge on any atom is 0.252 e. The number of carbonyl (C=O) groups excluding carboxylic acids is 1. The van der Waals surface area contributed by atoms with Crippen molar-refractivity contribution in [2.45, 2.75) is 13.5 Å². The minimum absolute atomic E-state index is 0.139. The number of rotatable bonds is 7. The molecule has 7 heteroatoms. The first-order valence-electron chi connectivity index (χ1n) is 8.53. The molecule has 2 aromatic rings. The number of carbonyl (C=O) groups is 1. The number of amides is 1. The van der Waals surface area contributed by atoms with Crippen molar-refractivity contribution in [2.24, 2.45) is 4.99 Å². The number of hydrogen-bond donors (Lipinski definition) is 2. The SMILES string of the molecule is CCNC(=NCCNC(=O)c1cccnc1)N(C)Cc1ccccc1Br. The number of nitrogens with zero attached hydrogens (tertiary/aromatic N) is 3. The fourth-order valence-corrected chi connectivity index (χ4v) is 2.77. The molecule has 138 valence electrons. The number of halogens is 1. The van der Waals surface area contributed by atoms with Crippen molar-refractivity contribution in [2.75, 3.05) is 26.7 Å². The van der Waals surface area contributed by atoms with E-state index >= 15 is 0 Å². The van der Waals surface area contributed by atoms with Gasteiger partial charge in [-0.15, -0.1) is 0 Å². The Kier molecular flexibility index (Phi) is 8.08. The summed E-state index contributed by atoms with van der Waals surface area (Å²) in [5.41, 5.74) is 1.74. The summed E-state index contributed by atoms with van der Waals surface area (Å²) in [4.78, 5) is 22.6. The second-order valence-corrected chi connectivity index (χ2v) is 6.54. The predicted octanol–water partition coefficient (Wildman–Crippen LogP) is 2.67. The van der Waals surface area contributed by atoms with E-state index in [0.717, 1.165) is 23.5 Å². The zero-order valence-electron chi connectivity index (χ0n) is 15.1. The van der Waals surface area contributed by atoms with Gasteiger partial charge in [0, 0.05) is 43.5 Å². The lowest BCUT2D eigenvalue weighted by Gasteiger charge is -2.22. The predicted molar refractivity (Wildman–Crippen MR) is 108 cm³/mol. The van der Waals surface area contributed by atoms with Gasteiger partial charge in [-0.2, -0.15) is 0 Å². The van der Waals surface area contributed by atoms with E-state index in [0.29, 0.717) is 18.7 Å². The van der Waals surface area contributed by atoms with Crippen LogP contribution in [0.4, 0.5) is 0 Å². The average molecular weight is 418 g/mol. The van der Waals surface area contributed by atoms with Gasteiger partial charge in [-0.25, -0.2) is 0 Å². The zero-order chi connectivity index (χ0) is 18.8. The Morgan fingerprint density at radius 3 is 2.73 bits per heavy atom. The van der Waals surface area contributed by atoms with Crippen molar-refractivity contribution >= 4 is 27.8 Å². The molecule has 0 saturated heterocycles. The van der Waals surface area contributed by atoms with Crippen LogP contribution >= 0.6 is 15.9 Å². The van der Waals surface area contributed by atoms with E-state index < -0.39 is 0 Å². The van der Waals surface area contributed by atoms with Gasteiger partial charge in [0.25, 0.3) is 5.91 Å². The molecule has 2 N–H and O–H groups in total. The molecule has 0 spiro atoms. The second-order valence-electron chi connectivity index (χ2n) is 5.68. The molecule has 1 amide bonds. The summed E-state index contributed by atoms with van der Waals surface area (Å²) in [7, 11) is 2.00. The molecule has 26 heavy (non-hydrogen) atoms. The van der Waals surface area contributed by atoms with Crippen molar-refractivity contribution in [3.8, 4) is 0 Å². The van der Waals surface area contributed by atoms with E-state index in [1.807, 2.05) is 32.2 Å². The Hall–Kier alpha value is -2.41. The van der Waals surface area contributed by atoms with Crippen LogP contribution in [0.3, 0.4) is 0 Å². The first-order valence-corrected chi connectivity index (χ1v) is 9.32. The second kappa shape index (κ2) is 10.6. The van der Waals surface area contributed by atoms with Crippen LogP contribution in [-0.4, -0.2) is 48.4 Å². The molecule has 0 aliphatic carbocycles. The minimum Gasteiger partial charge on any atom is -0.357 e. The van der Waals surface area contributed by atoms with Gasteiger partial charge >= 0.3 is 0 Å². The molecule has 2 rings (SSSR count). The third kappa shape index (κ3) is 6.15. The van der Waals surface area contributed by atoms with Gasteiger partial charge in [0.1, 0.15) is 0 Å². The van der Waals surface area contributed by atoms with Crippen LogP contribution in [0.25, 0.3) is 0 Å². The standard InChI is InChI=1S/C19H24BrN5O/c1-3-22-19(25(2)14-16-7-4-5-9-17(16)20)24-12-11-23-18(26)15-8-6-10-21-13-15/h4-10,13H,3,11-12,14H2,1-2H3,(H,22,24)(H,23,26). The van der Waals surface area contributed by atoms with Gasteiger partial charge in [0.2, 0.25) is 0 Å². The van der Waals surface area contributed by atoms with Crippen LogP contribution in [0.15, 0.2) is 58.3 Å². The maximum atomic E-state index is 12.0. The van der Waals surface area contributed by atoms with Crippen molar-refractivity contribution < 1.29 is 4.79 Å². The molecule has 1 aromatic heterocycles. The Bertz CT molecular complexity index is 736. The van der Waals surface area contributed by atoms with Crippen molar-refractivity contribution in [1.82, 2.24) is 20.5 Å². The van der Waals surface area contributed by atoms with Crippen molar-refractivity contribution in [1.29, 1.82) is 0 Å². The number of benzene rings is 1. The highest BCUT2D eigenvalue weighted by atomic mass is 79.9. The van der Waals surface area contributed by atoms with Crippen LogP contribution in [0.2, 0.25) is 0 Å². The molecule has 0 bridgehead atoms. The molecular weight excluding hydrogens is 394 g/mol. The van der Waals surface area contributed by atoms with E-state index in [2.05, 4.69) is 47.5 Å². The Labute approximate surface area is 162 Å². The summed E-state index contributed by atoms with van der Waals surface area (Å²) in [6.07, 6.45) is 3.19. The number of hydrogen-bond acceptors (Lipinski definition) is 3. The summed E-state index contributed by atoms with van der Waals surface area (Å²) in [5, 5.41) is 6.13. The molecule has 0 fully saturated rings. The van der Waals surface area contributed by atoms with E-state index in [1.54, 1.807) is 24.5 Å². The van der Waals surface area contributed by atoms with Crippen LogP contribution in [-0.2, 0) is 6.54 Å². The lowest BCUT2D eigenvalue weighted by molar-refractivity contribution is 0.0954. The summed E-state index contributed by atoms with van der Waals surface area (Å²) in [6.45, 7) is 4.50. The number of pyridine rings is 1. The highest BCUT2D eigenvalue weighted by molar-refractivity contribution is 9.10. The molecule has 0 atom stereocenters. The number of aliphatic imine (C=N–C) groups is 1. The highest BCUT2D eigenvalue weighted by Gasteiger charge is 2.09. The fourth-order valence-electron chi connectivity index (χ4n) is 2.36. The lowest BCUT2D eigenvalue weighted by Crippen LogP contribution is -2.39. The smallest absolute Gasteiger partial charge is 0.252 e. The molecule has 0 saturated carbocycles. The van der Waals surface area contributed by atoms with E-state index in [4.69, 9.17) is 0 Å². The van der Waals surface area contributed by atoms with E-state index in [-0.39, 0.29) is 5.91 Å². The molecular formula is C19H24BrN5O. The maximum absolute atomic E-state index is 12.0. The average Bonchev–Trinajstić information content (AvgIpc) is 2.66. The Morgan fingerprint density at radius 2 is 2.04 bits per heavy atom. The van der Waals surface area contributed by atoms with Gasteiger partial charge in [0.05, 0.1) is 12.1 Å². The highest BCUT2D eigenvalue weighted by Crippen LogP contribution is 2.17. The third-order valence-corrected chi connectivity index (χ3v) is 4.42. The fraction of sp³-hybridized carbons (Fsp3) is 0.316. The molecule has 0 unspecified atom stereocenters. The summed E-state index contributed by atoms with van der Waals surface area (Å²) in [5.74, 6) is 0.666. The number of nitrogens with one attached hydrogen (secondary N) is 2. The first kappa shape index (κ1) is 19.9. The largest absolute Gasteiger partial charge is 0.357 e. The molecule has 0 radical (unpaired) electrons. The Balaban J connectivity index is 1.89. The van der Waals surface area contributed by atoms with Crippen LogP contribution in [0.1, 0.15) is 22.8 Å². The van der Waals surface area contributed by atoms with E-state index in [1.165, 1.54) is 5.56 Å². The van der Waals surface area contributed by atoms with Crippen molar-refractivity contribution in [3.05, 3.63) is 64.4 Å². The molecule has 6 nitrogen and oxygen atoms in total. The molecule has 1 aromatic carbocycles. The van der Waals surface area contributed by atoms with Gasteiger partial charge < -0.3 is 15.5 Å². The first-order chi connectivity index (χ1) is 12.6. The van der Waals surface area contributed by atoms with Crippen molar-refractivity contribution in [3.63, 3.8) is 0 Å².